The minimum absolute atomic E-state index is 0.0207. The topological polar surface area (TPSA) is 81.7 Å². The highest BCUT2D eigenvalue weighted by atomic mass is 16.2. The molecule has 2 amide bonds. The predicted octanol–water partition coefficient (Wildman–Crippen LogP) is 3.01. The van der Waals surface area contributed by atoms with Gasteiger partial charge in [-0.15, -0.1) is 0 Å². The molecule has 0 aliphatic carbocycles. The molecule has 154 valence electrons. The minimum Gasteiger partial charge on any atom is -0.357 e. The Hall–Kier alpha value is -3.09. The van der Waals surface area contributed by atoms with E-state index in [-0.39, 0.29) is 6.03 Å². The number of likely N-dealkylation sites (tertiary alicyclic amines) is 1. The number of pyridine rings is 1. The average Bonchev–Trinajstić information content (AvgIpc) is 3.28. The zero-order valence-corrected chi connectivity index (χ0v) is 17.0. The van der Waals surface area contributed by atoms with Crippen molar-refractivity contribution in [3.05, 3.63) is 59.9 Å². The molecule has 2 heterocycles. The number of hydrogen-bond donors (Lipinski definition) is 3. The standard InChI is InChI=1S/C22H30N6O/c1-2-23-21(25-13-11-19-9-3-4-12-24-19)26-17-18-8-7-10-20(16-18)27-22(29)28-14-5-6-15-28/h3-4,7-10,12,16H,2,5-6,11,13-15,17H2,1H3,(H,27,29)(H2,23,25,26). The van der Waals surface area contributed by atoms with Crippen LogP contribution in [-0.2, 0) is 13.0 Å². The van der Waals surface area contributed by atoms with Crippen LogP contribution in [0.4, 0.5) is 10.5 Å². The lowest BCUT2D eigenvalue weighted by molar-refractivity contribution is 0.222. The maximum Gasteiger partial charge on any atom is 0.321 e. The largest absolute Gasteiger partial charge is 0.357 e. The molecule has 1 fully saturated rings. The van der Waals surface area contributed by atoms with E-state index in [1.807, 2.05) is 60.5 Å². The lowest BCUT2D eigenvalue weighted by Crippen LogP contribution is -2.38. The van der Waals surface area contributed by atoms with Crippen LogP contribution < -0.4 is 16.0 Å². The van der Waals surface area contributed by atoms with E-state index in [1.165, 1.54) is 0 Å². The van der Waals surface area contributed by atoms with Gasteiger partial charge in [0.05, 0.1) is 6.54 Å². The van der Waals surface area contributed by atoms with Gasteiger partial charge in [-0.1, -0.05) is 18.2 Å². The Morgan fingerprint density at radius 3 is 2.76 bits per heavy atom. The number of hydrogen-bond acceptors (Lipinski definition) is 3. The second kappa shape index (κ2) is 11.0. The number of aromatic nitrogens is 1. The molecular formula is C22H30N6O. The van der Waals surface area contributed by atoms with E-state index in [1.54, 1.807) is 0 Å². The van der Waals surface area contributed by atoms with Crippen molar-refractivity contribution in [3.63, 3.8) is 0 Å². The van der Waals surface area contributed by atoms with E-state index in [0.29, 0.717) is 6.54 Å². The van der Waals surface area contributed by atoms with Gasteiger partial charge in [0.15, 0.2) is 5.96 Å². The third-order valence-electron chi connectivity index (χ3n) is 4.74. The fourth-order valence-corrected chi connectivity index (χ4v) is 3.24. The second-order valence-electron chi connectivity index (χ2n) is 7.02. The van der Waals surface area contributed by atoms with Crippen molar-refractivity contribution in [2.75, 3.05) is 31.5 Å². The Kier molecular flexibility index (Phi) is 7.86. The van der Waals surface area contributed by atoms with Gasteiger partial charge < -0.3 is 20.9 Å². The quantitative estimate of drug-likeness (QED) is 0.498. The van der Waals surface area contributed by atoms with Gasteiger partial charge >= 0.3 is 6.03 Å². The lowest BCUT2D eigenvalue weighted by atomic mass is 10.2. The zero-order chi connectivity index (χ0) is 20.3. The Balaban J connectivity index is 1.53. The summed E-state index contributed by atoms with van der Waals surface area (Å²) >= 11 is 0. The van der Waals surface area contributed by atoms with E-state index in [0.717, 1.165) is 68.3 Å². The van der Waals surface area contributed by atoms with Gasteiger partial charge in [-0.05, 0) is 49.6 Å². The number of amides is 2. The summed E-state index contributed by atoms with van der Waals surface area (Å²) in [6.07, 6.45) is 4.82. The molecule has 1 aliphatic heterocycles. The molecule has 1 aliphatic rings. The summed E-state index contributed by atoms with van der Waals surface area (Å²) in [5.41, 5.74) is 2.91. The summed E-state index contributed by atoms with van der Waals surface area (Å²) in [4.78, 5) is 23.1. The molecule has 1 aromatic carbocycles. The first kappa shape index (κ1) is 20.6. The summed E-state index contributed by atoms with van der Waals surface area (Å²) in [5, 5.41) is 9.60. The van der Waals surface area contributed by atoms with E-state index < -0.39 is 0 Å². The van der Waals surface area contributed by atoms with Crippen LogP contribution in [0.3, 0.4) is 0 Å². The first-order valence-corrected chi connectivity index (χ1v) is 10.3. The van der Waals surface area contributed by atoms with Crippen LogP contribution in [0.2, 0.25) is 0 Å². The summed E-state index contributed by atoms with van der Waals surface area (Å²) in [6.45, 7) is 5.81. The minimum atomic E-state index is -0.0207. The summed E-state index contributed by atoms with van der Waals surface area (Å²) in [6, 6.07) is 13.8. The van der Waals surface area contributed by atoms with Crippen molar-refractivity contribution in [1.29, 1.82) is 0 Å². The molecule has 0 unspecified atom stereocenters. The molecule has 1 saturated heterocycles. The number of anilines is 1. The number of benzene rings is 1. The maximum absolute atomic E-state index is 12.3. The molecule has 0 spiro atoms. The van der Waals surface area contributed by atoms with Gasteiger partial charge in [0.2, 0.25) is 0 Å². The molecule has 0 bridgehead atoms. The Morgan fingerprint density at radius 1 is 1.14 bits per heavy atom. The monoisotopic (exact) mass is 394 g/mol. The van der Waals surface area contributed by atoms with Crippen molar-refractivity contribution >= 4 is 17.7 Å². The lowest BCUT2D eigenvalue weighted by Gasteiger charge is -2.16. The first-order valence-electron chi connectivity index (χ1n) is 10.3. The molecule has 0 radical (unpaired) electrons. The maximum atomic E-state index is 12.3. The Bertz CT molecular complexity index is 802. The Labute approximate surface area is 172 Å². The molecule has 0 saturated carbocycles. The molecule has 29 heavy (non-hydrogen) atoms. The number of carbonyl (C=O) groups excluding carboxylic acids is 1. The van der Waals surface area contributed by atoms with Gasteiger partial charge in [-0.25, -0.2) is 9.79 Å². The van der Waals surface area contributed by atoms with Crippen LogP contribution in [0.1, 0.15) is 31.0 Å². The molecule has 2 aromatic rings. The number of nitrogens with zero attached hydrogens (tertiary/aromatic N) is 3. The van der Waals surface area contributed by atoms with Crippen LogP contribution in [0, 0.1) is 0 Å². The number of urea groups is 1. The van der Waals surface area contributed by atoms with Crippen molar-refractivity contribution in [1.82, 2.24) is 20.5 Å². The third-order valence-corrected chi connectivity index (χ3v) is 4.74. The van der Waals surface area contributed by atoms with Gasteiger partial charge in [-0.2, -0.15) is 0 Å². The van der Waals surface area contributed by atoms with Crippen molar-refractivity contribution < 1.29 is 4.79 Å². The number of nitrogens with one attached hydrogen (secondary N) is 3. The third kappa shape index (κ3) is 6.78. The Morgan fingerprint density at radius 2 is 2.00 bits per heavy atom. The van der Waals surface area contributed by atoms with E-state index in [9.17, 15) is 4.79 Å². The zero-order valence-electron chi connectivity index (χ0n) is 17.0. The van der Waals surface area contributed by atoms with Crippen molar-refractivity contribution in [2.24, 2.45) is 4.99 Å². The van der Waals surface area contributed by atoms with Gasteiger partial charge in [0.25, 0.3) is 0 Å². The number of rotatable bonds is 7. The number of aliphatic imine (C=N–C) groups is 1. The van der Waals surface area contributed by atoms with E-state index in [4.69, 9.17) is 0 Å². The molecule has 7 nitrogen and oxygen atoms in total. The highest BCUT2D eigenvalue weighted by molar-refractivity contribution is 5.89. The second-order valence-corrected chi connectivity index (χ2v) is 7.02. The SMILES string of the molecule is CCNC(=NCc1cccc(NC(=O)N2CCCC2)c1)NCCc1ccccn1. The molecule has 0 atom stereocenters. The molecular weight excluding hydrogens is 364 g/mol. The highest BCUT2D eigenvalue weighted by Crippen LogP contribution is 2.14. The van der Waals surface area contributed by atoms with Crippen LogP contribution in [0.5, 0.6) is 0 Å². The highest BCUT2D eigenvalue weighted by Gasteiger charge is 2.17. The van der Waals surface area contributed by atoms with E-state index >= 15 is 0 Å². The number of guanidine groups is 1. The summed E-state index contributed by atoms with van der Waals surface area (Å²) in [5.74, 6) is 0.773. The van der Waals surface area contributed by atoms with Gasteiger partial charge in [-0.3, -0.25) is 4.98 Å². The van der Waals surface area contributed by atoms with Crippen LogP contribution in [0.25, 0.3) is 0 Å². The smallest absolute Gasteiger partial charge is 0.321 e. The van der Waals surface area contributed by atoms with Crippen LogP contribution in [0.15, 0.2) is 53.7 Å². The first-order chi connectivity index (χ1) is 14.2. The fourth-order valence-electron chi connectivity index (χ4n) is 3.24. The molecule has 7 heteroatoms. The van der Waals surface area contributed by atoms with Gasteiger partial charge in [0.1, 0.15) is 0 Å². The molecule has 3 N–H and O–H groups in total. The number of carbonyl (C=O) groups is 1. The fraction of sp³-hybridized carbons (Fsp3) is 0.409. The normalized spacial score (nSPS) is 14.0. The van der Waals surface area contributed by atoms with Crippen molar-refractivity contribution in [3.8, 4) is 0 Å². The predicted molar refractivity (Wildman–Crippen MR) is 117 cm³/mol. The molecule has 1 aromatic heterocycles. The summed E-state index contributed by atoms with van der Waals surface area (Å²) in [7, 11) is 0. The summed E-state index contributed by atoms with van der Waals surface area (Å²) < 4.78 is 0. The van der Waals surface area contributed by atoms with E-state index in [2.05, 4.69) is 25.9 Å². The van der Waals surface area contributed by atoms with Gasteiger partial charge in [0, 0.05) is 50.2 Å². The molecule has 3 rings (SSSR count). The van der Waals surface area contributed by atoms with Crippen LogP contribution in [-0.4, -0.2) is 48.1 Å². The van der Waals surface area contributed by atoms with Crippen LogP contribution >= 0.6 is 0 Å². The van der Waals surface area contributed by atoms with Crippen molar-refractivity contribution in [2.45, 2.75) is 32.7 Å². The average molecular weight is 395 g/mol.